The van der Waals surface area contributed by atoms with Crippen LogP contribution in [0, 0.1) is 11.8 Å². The summed E-state index contributed by atoms with van der Waals surface area (Å²) in [5.74, 6) is 5.99. The van der Waals surface area contributed by atoms with Crippen molar-refractivity contribution in [3.05, 3.63) is 23.8 Å². The number of aromatic nitrogens is 1. The Morgan fingerprint density at radius 2 is 2.36 bits per heavy atom. The molecule has 0 fully saturated rings. The molecule has 4 heteroatoms. The van der Waals surface area contributed by atoms with Gasteiger partial charge in [0.25, 0.3) is 0 Å². The van der Waals surface area contributed by atoms with Crippen LogP contribution in [0.15, 0.2) is 18.2 Å². The Labute approximate surface area is 85.3 Å². The van der Waals surface area contributed by atoms with E-state index in [0.29, 0.717) is 5.82 Å². The van der Waals surface area contributed by atoms with Crippen molar-refractivity contribution in [2.45, 2.75) is 0 Å². The number of fused-ring (bicyclic) bond motifs is 1. The molecule has 0 bridgehead atoms. The molecule has 0 aliphatic rings. The van der Waals surface area contributed by atoms with Crippen LogP contribution >= 0.6 is 11.5 Å². The lowest BCUT2D eigenvalue weighted by Gasteiger charge is -1.91. The molecule has 70 valence electrons. The minimum atomic E-state index is -0.122. The zero-order chi connectivity index (χ0) is 9.97. The molecule has 0 unspecified atom stereocenters. The molecule has 3 N–H and O–H groups in total. The third kappa shape index (κ3) is 1.55. The van der Waals surface area contributed by atoms with Gasteiger partial charge in [-0.25, -0.2) is 0 Å². The van der Waals surface area contributed by atoms with E-state index < -0.39 is 0 Å². The van der Waals surface area contributed by atoms with Gasteiger partial charge in [0.1, 0.15) is 12.4 Å². The van der Waals surface area contributed by atoms with Crippen LogP contribution in [-0.2, 0) is 0 Å². The van der Waals surface area contributed by atoms with E-state index >= 15 is 0 Å². The maximum Gasteiger partial charge on any atom is 0.144 e. The fraction of sp³-hybridized carbons (Fsp3) is 0.100. The highest BCUT2D eigenvalue weighted by Gasteiger charge is 2.01. The van der Waals surface area contributed by atoms with Gasteiger partial charge >= 0.3 is 0 Å². The van der Waals surface area contributed by atoms with Crippen LogP contribution < -0.4 is 5.73 Å². The van der Waals surface area contributed by atoms with E-state index in [0.717, 1.165) is 15.6 Å². The molecule has 1 aromatic carbocycles. The van der Waals surface area contributed by atoms with Crippen molar-refractivity contribution >= 4 is 27.4 Å². The Balaban J connectivity index is 2.52. The van der Waals surface area contributed by atoms with Gasteiger partial charge in [0.2, 0.25) is 0 Å². The van der Waals surface area contributed by atoms with Crippen LogP contribution in [0.1, 0.15) is 5.56 Å². The number of hydrogen-bond donors (Lipinski definition) is 2. The number of nitrogens with zero attached hydrogens (tertiary/aromatic N) is 1. The normalized spacial score (nSPS) is 9.79. The topological polar surface area (TPSA) is 59.1 Å². The quantitative estimate of drug-likeness (QED) is 0.634. The molecule has 3 nitrogen and oxygen atoms in total. The highest BCUT2D eigenvalue weighted by Crippen LogP contribution is 2.24. The van der Waals surface area contributed by atoms with Crippen molar-refractivity contribution in [1.29, 1.82) is 0 Å². The maximum absolute atomic E-state index is 8.54. The SMILES string of the molecule is Nc1nsc2cc(C#CCO)ccc12. The first-order chi connectivity index (χ1) is 6.81. The van der Waals surface area contributed by atoms with E-state index in [1.807, 2.05) is 18.2 Å². The first kappa shape index (κ1) is 9.00. The molecule has 0 aliphatic heterocycles. The van der Waals surface area contributed by atoms with Crippen LogP contribution in [0.2, 0.25) is 0 Å². The van der Waals surface area contributed by atoms with Gasteiger partial charge in [-0.05, 0) is 29.7 Å². The lowest BCUT2D eigenvalue weighted by atomic mass is 10.2. The Hall–Kier alpha value is -1.57. The Kier molecular flexibility index (Phi) is 2.35. The second-order valence-electron chi connectivity index (χ2n) is 2.74. The molecule has 0 saturated heterocycles. The molecule has 0 amide bonds. The Morgan fingerprint density at radius 1 is 1.50 bits per heavy atom. The number of anilines is 1. The van der Waals surface area contributed by atoms with Crippen LogP contribution in [0.4, 0.5) is 5.82 Å². The van der Waals surface area contributed by atoms with Crippen LogP contribution in [0.5, 0.6) is 0 Å². The van der Waals surface area contributed by atoms with Gasteiger partial charge in [-0.2, -0.15) is 4.37 Å². The summed E-state index contributed by atoms with van der Waals surface area (Å²) in [5.41, 5.74) is 6.52. The first-order valence-corrected chi connectivity index (χ1v) is 4.83. The minimum absolute atomic E-state index is 0.122. The predicted octanol–water partition coefficient (Wildman–Crippen LogP) is 1.22. The molecular weight excluding hydrogens is 196 g/mol. The lowest BCUT2D eigenvalue weighted by molar-refractivity contribution is 0.350. The summed E-state index contributed by atoms with van der Waals surface area (Å²) in [6, 6.07) is 5.69. The van der Waals surface area contributed by atoms with Gasteiger partial charge in [0.15, 0.2) is 0 Å². The van der Waals surface area contributed by atoms with Crippen LogP contribution in [0.25, 0.3) is 10.1 Å². The Morgan fingerprint density at radius 3 is 3.14 bits per heavy atom. The fourth-order valence-corrected chi connectivity index (χ4v) is 1.92. The standard InChI is InChI=1S/C10H8N2OS/c11-10-8-4-3-7(2-1-5-13)6-9(8)14-12-10/h3-4,6,13H,5H2,(H2,11,12). The highest BCUT2D eigenvalue weighted by molar-refractivity contribution is 7.13. The fourth-order valence-electron chi connectivity index (χ4n) is 1.18. The first-order valence-electron chi connectivity index (χ1n) is 4.06. The van der Waals surface area contributed by atoms with Gasteiger partial charge in [0.05, 0.1) is 4.70 Å². The lowest BCUT2D eigenvalue weighted by Crippen LogP contribution is -1.83. The zero-order valence-corrected chi connectivity index (χ0v) is 8.14. The van der Waals surface area contributed by atoms with Crippen LogP contribution in [-0.4, -0.2) is 16.1 Å². The van der Waals surface area contributed by atoms with E-state index in [9.17, 15) is 0 Å². The van der Waals surface area contributed by atoms with Crippen molar-refractivity contribution < 1.29 is 5.11 Å². The number of nitrogen functional groups attached to an aromatic ring is 1. The van der Waals surface area contributed by atoms with E-state index in [-0.39, 0.29) is 6.61 Å². The predicted molar refractivity (Wildman–Crippen MR) is 58.0 cm³/mol. The average molecular weight is 204 g/mol. The molecular formula is C10H8N2OS. The summed E-state index contributed by atoms with van der Waals surface area (Å²) in [6.07, 6.45) is 0. The number of hydrogen-bond acceptors (Lipinski definition) is 4. The van der Waals surface area contributed by atoms with E-state index in [4.69, 9.17) is 10.8 Å². The van der Waals surface area contributed by atoms with Crippen molar-refractivity contribution in [2.75, 3.05) is 12.3 Å². The number of nitrogens with two attached hydrogens (primary N) is 1. The molecule has 0 aliphatic carbocycles. The number of benzene rings is 1. The van der Waals surface area contributed by atoms with Gasteiger partial charge in [0, 0.05) is 10.9 Å². The average Bonchev–Trinajstić information content (AvgIpc) is 2.57. The number of aliphatic hydroxyl groups excluding tert-OH is 1. The largest absolute Gasteiger partial charge is 0.384 e. The van der Waals surface area contributed by atoms with Gasteiger partial charge in [-0.15, -0.1) is 0 Å². The van der Waals surface area contributed by atoms with Crippen molar-refractivity contribution in [2.24, 2.45) is 0 Å². The second-order valence-corrected chi connectivity index (χ2v) is 3.54. The molecule has 14 heavy (non-hydrogen) atoms. The summed E-state index contributed by atoms with van der Waals surface area (Å²) in [7, 11) is 0. The van der Waals surface area contributed by atoms with Crippen molar-refractivity contribution in [3.63, 3.8) is 0 Å². The second kappa shape index (κ2) is 3.66. The van der Waals surface area contributed by atoms with Gasteiger partial charge < -0.3 is 10.8 Å². The molecule has 0 radical (unpaired) electrons. The van der Waals surface area contributed by atoms with Gasteiger partial charge in [-0.1, -0.05) is 11.8 Å². The summed E-state index contributed by atoms with van der Waals surface area (Å²) in [6.45, 7) is -0.122. The summed E-state index contributed by atoms with van der Waals surface area (Å²) < 4.78 is 5.06. The van der Waals surface area contributed by atoms with Crippen molar-refractivity contribution in [3.8, 4) is 11.8 Å². The zero-order valence-electron chi connectivity index (χ0n) is 7.32. The maximum atomic E-state index is 8.54. The van der Waals surface area contributed by atoms with E-state index in [1.165, 1.54) is 11.5 Å². The van der Waals surface area contributed by atoms with Crippen molar-refractivity contribution in [1.82, 2.24) is 4.37 Å². The minimum Gasteiger partial charge on any atom is -0.384 e. The number of aliphatic hydroxyl groups is 1. The summed E-state index contributed by atoms with van der Waals surface area (Å²) in [5, 5.41) is 9.50. The smallest absolute Gasteiger partial charge is 0.144 e. The molecule has 1 heterocycles. The molecule has 0 atom stereocenters. The third-order valence-corrected chi connectivity index (χ3v) is 2.63. The molecule has 1 aromatic heterocycles. The van der Waals surface area contributed by atoms with Crippen LogP contribution in [0.3, 0.4) is 0 Å². The third-order valence-electron chi connectivity index (χ3n) is 1.81. The molecule has 2 rings (SSSR count). The monoisotopic (exact) mass is 204 g/mol. The Bertz CT molecular complexity index is 522. The summed E-state index contributed by atoms with van der Waals surface area (Å²) in [4.78, 5) is 0. The highest BCUT2D eigenvalue weighted by atomic mass is 32.1. The van der Waals surface area contributed by atoms with E-state index in [2.05, 4.69) is 16.2 Å². The van der Waals surface area contributed by atoms with E-state index in [1.54, 1.807) is 0 Å². The molecule has 2 aromatic rings. The summed E-state index contributed by atoms with van der Waals surface area (Å²) >= 11 is 1.36. The molecule has 0 spiro atoms. The number of rotatable bonds is 0. The molecule has 0 saturated carbocycles. The van der Waals surface area contributed by atoms with Gasteiger partial charge in [-0.3, -0.25) is 0 Å².